The van der Waals surface area contributed by atoms with Crippen molar-refractivity contribution in [2.24, 2.45) is 5.92 Å². The summed E-state index contributed by atoms with van der Waals surface area (Å²) in [5.41, 5.74) is 2.41. The molecule has 4 aliphatic rings. The lowest BCUT2D eigenvalue weighted by Gasteiger charge is -2.38. The molecule has 2 N–H and O–H groups in total. The van der Waals surface area contributed by atoms with Gasteiger partial charge in [0.05, 0.1) is 46.7 Å². The van der Waals surface area contributed by atoms with Crippen LogP contribution in [0.1, 0.15) is 145 Å². The predicted octanol–water partition coefficient (Wildman–Crippen LogP) is 9.57. The number of ether oxygens (including phenoxy) is 2. The number of imidazole rings is 1. The molecule has 0 radical (unpaired) electrons. The Labute approximate surface area is 357 Å². The van der Waals surface area contributed by atoms with Crippen molar-refractivity contribution in [2.75, 3.05) is 20.3 Å². The molecule has 4 atom stereocenters. The number of benzene rings is 1. The van der Waals surface area contributed by atoms with E-state index in [1.54, 1.807) is 29.4 Å². The lowest BCUT2D eigenvalue weighted by molar-refractivity contribution is -0.135. The fourth-order valence-corrected chi connectivity index (χ4v) is 10.6. The van der Waals surface area contributed by atoms with E-state index in [4.69, 9.17) is 23.8 Å². The van der Waals surface area contributed by atoms with Crippen molar-refractivity contribution in [2.45, 2.75) is 135 Å². The Morgan fingerprint density at radius 1 is 1.12 bits per heavy atom. The summed E-state index contributed by atoms with van der Waals surface area (Å²) in [6.45, 7) is 14.7. The molecule has 2 unspecified atom stereocenters. The van der Waals surface area contributed by atoms with Crippen molar-refractivity contribution < 1.29 is 32.8 Å². The van der Waals surface area contributed by atoms with E-state index >= 15 is 4.39 Å². The van der Waals surface area contributed by atoms with E-state index in [0.29, 0.717) is 48.3 Å². The van der Waals surface area contributed by atoms with E-state index in [1.165, 1.54) is 37.7 Å². The number of halogens is 1. The number of H-pyrrole nitrogens is 1. The zero-order valence-electron chi connectivity index (χ0n) is 36.2. The monoisotopic (exact) mass is 839 g/mol. The van der Waals surface area contributed by atoms with Crippen molar-refractivity contribution in [3.63, 3.8) is 0 Å². The minimum Gasteiger partial charge on any atom is -0.465 e. The molecule has 320 valence electrons. The largest absolute Gasteiger partial charge is 0.494 e. The van der Waals surface area contributed by atoms with Crippen molar-refractivity contribution in [1.29, 1.82) is 0 Å². The Balaban J connectivity index is 1.17. The summed E-state index contributed by atoms with van der Waals surface area (Å²) in [5.74, 6) is 1.36. The highest BCUT2D eigenvalue weighted by Gasteiger charge is 2.45. The van der Waals surface area contributed by atoms with Crippen LogP contribution in [0.25, 0.3) is 22.0 Å². The maximum absolute atomic E-state index is 17.6. The van der Waals surface area contributed by atoms with E-state index in [2.05, 4.69) is 72.0 Å². The van der Waals surface area contributed by atoms with Crippen molar-refractivity contribution in [3.05, 3.63) is 81.4 Å². The van der Waals surface area contributed by atoms with Crippen LogP contribution in [0, 0.1) is 5.92 Å². The molecule has 2 amide bonds. The Morgan fingerprint density at radius 3 is 2.60 bits per heavy atom. The van der Waals surface area contributed by atoms with Gasteiger partial charge in [-0.05, 0) is 113 Å². The van der Waals surface area contributed by atoms with Gasteiger partial charge in [0.25, 0.3) is 0 Å². The van der Waals surface area contributed by atoms with E-state index in [-0.39, 0.29) is 29.9 Å². The van der Waals surface area contributed by atoms with Gasteiger partial charge in [0.15, 0.2) is 0 Å². The summed E-state index contributed by atoms with van der Waals surface area (Å²) in [5, 5.41) is 3.67. The van der Waals surface area contributed by atoms with Gasteiger partial charge in [0, 0.05) is 35.4 Å². The van der Waals surface area contributed by atoms with Gasteiger partial charge in [-0.25, -0.2) is 14.2 Å². The quantitative estimate of drug-likeness (QED) is 0.129. The summed E-state index contributed by atoms with van der Waals surface area (Å²) in [7, 11) is 0.738. The Hall–Kier alpha value is -4.40. The van der Waals surface area contributed by atoms with E-state index in [9.17, 15) is 9.59 Å². The molecular weight excluding hydrogens is 780 g/mol. The number of carbonyl (C=O) groups excluding carboxylic acids is 2. The van der Waals surface area contributed by atoms with Crippen molar-refractivity contribution in [3.8, 4) is 0 Å². The third kappa shape index (κ3) is 8.07. The minimum atomic E-state index is -1.80. The first-order valence-electron chi connectivity index (χ1n) is 21.8. The fourth-order valence-electron chi connectivity index (χ4n) is 9.36. The van der Waals surface area contributed by atoms with Gasteiger partial charge in [-0.1, -0.05) is 45.7 Å². The van der Waals surface area contributed by atoms with Crippen LogP contribution < -0.4 is 10.8 Å². The SMILES string of the molecule is CCOB(OC(C)(C)CC)c1ccc2c(c1)cc1n2C(c2ccc(C3CCCC3)s2)OC2=C1C(C)(F)CC(c1cnc([C@@H]3CCCN3C(=O)[C@@H](NC(=O)OC)C(C)C)[nH]1)=C2. The molecule has 2 aliphatic carbocycles. The summed E-state index contributed by atoms with van der Waals surface area (Å²) in [4.78, 5) is 38.4. The highest BCUT2D eigenvalue weighted by molar-refractivity contribution is 7.12. The van der Waals surface area contributed by atoms with Crippen LogP contribution in [-0.2, 0) is 23.6 Å². The number of hydrogen-bond acceptors (Lipinski definition) is 8. The number of amides is 2. The predicted molar refractivity (Wildman–Crippen MR) is 235 cm³/mol. The molecule has 8 rings (SSSR count). The summed E-state index contributed by atoms with van der Waals surface area (Å²) in [6, 6.07) is 11.7. The van der Waals surface area contributed by atoms with Gasteiger partial charge in [-0.15, -0.1) is 11.3 Å². The number of alkyl halides is 1. The van der Waals surface area contributed by atoms with Crippen LogP contribution in [0.15, 0.2) is 54.4 Å². The number of methoxy groups -OCH3 is 1. The highest BCUT2D eigenvalue weighted by Crippen LogP contribution is 2.52. The Kier molecular flexibility index (Phi) is 11.9. The summed E-state index contributed by atoms with van der Waals surface area (Å²) < 4.78 is 44.3. The third-order valence-electron chi connectivity index (χ3n) is 12.9. The third-order valence-corrected chi connectivity index (χ3v) is 14.2. The van der Waals surface area contributed by atoms with Crippen LogP contribution in [0.4, 0.5) is 9.18 Å². The number of nitrogens with zero attached hydrogens (tertiary/aromatic N) is 3. The minimum absolute atomic E-state index is 0.0945. The average Bonchev–Trinajstić information content (AvgIpc) is 4.07. The maximum Gasteiger partial charge on any atom is 0.494 e. The molecule has 3 aromatic heterocycles. The average molecular weight is 840 g/mol. The normalized spacial score (nSPS) is 22.5. The number of aromatic nitrogens is 3. The van der Waals surface area contributed by atoms with Crippen LogP contribution in [-0.4, -0.2) is 76.1 Å². The van der Waals surface area contributed by atoms with Crippen molar-refractivity contribution >= 4 is 58.0 Å². The number of thiophene rings is 1. The molecule has 2 aliphatic heterocycles. The second kappa shape index (κ2) is 16.8. The molecule has 11 nitrogen and oxygen atoms in total. The summed E-state index contributed by atoms with van der Waals surface area (Å²) >= 11 is 1.80. The number of allylic oxidation sites excluding steroid dienone is 3. The molecule has 0 spiro atoms. The molecular formula is C46H59BFN5O6S. The number of hydrogen-bond donors (Lipinski definition) is 2. The second-order valence-corrected chi connectivity index (χ2v) is 19.1. The summed E-state index contributed by atoms with van der Waals surface area (Å²) in [6.07, 6.45) is 9.90. The van der Waals surface area contributed by atoms with Gasteiger partial charge in [-0.2, -0.15) is 0 Å². The van der Waals surface area contributed by atoms with E-state index in [0.717, 1.165) is 45.4 Å². The highest BCUT2D eigenvalue weighted by atomic mass is 32.1. The lowest BCUT2D eigenvalue weighted by Crippen LogP contribution is -2.51. The zero-order valence-corrected chi connectivity index (χ0v) is 37.0. The maximum atomic E-state index is 17.6. The van der Waals surface area contributed by atoms with Gasteiger partial charge < -0.3 is 34.0 Å². The topological polar surface area (TPSA) is 120 Å². The second-order valence-electron chi connectivity index (χ2n) is 17.9. The number of rotatable bonds is 13. The molecule has 1 saturated carbocycles. The van der Waals surface area contributed by atoms with E-state index in [1.807, 2.05) is 26.8 Å². The molecule has 4 aromatic rings. The smallest absolute Gasteiger partial charge is 0.465 e. The number of nitrogens with one attached hydrogen (secondary N) is 2. The number of likely N-dealkylation sites (tertiary alicyclic amines) is 1. The first kappa shape index (κ1) is 42.3. The number of alkyl carbamates (subject to hydrolysis) is 1. The van der Waals surface area contributed by atoms with Gasteiger partial charge in [0.2, 0.25) is 12.1 Å². The van der Waals surface area contributed by atoms with Gasteiger partial charge in [0.1, 0.15) is 23.3 Å². The molecule has 5 heterocycles. The first-order valence-corrected chi connectivity index (χ1v) is 22.6. The molecule has 14 heteroatoms. The first-order chi connectivity index (χ1) is 28.7. The van der Waals surface area contributed by atoms with Crippen LogP contribution >= 0.6 is 11.3 Å². The van der Waals surface area contributed by atoms with Crippen molar-refractivity contribution in [1.82, 2.24) is 24.8 Å². The number of aromatic amines is 1. The lowest BCUT2D eigenvalue weighted by atomic mass is 9.77. The Bertz CT molecular complexity index is 2300. The van der Waals surface area contributed by atoms with E-state index < -0.39 is 31.2 Å². The molecule has 2 fully saturated rings. The fraction of sp³-hybridized carbons (Fsp3) is 0.543. The van der Waals surface area contributed by atoms with Crippen LogP contribution in [0.3, 0.4) is 0 Å². The molecule has 1 aromatic carbocycles. The van der Waals surface area contributed by atoms with Gasteiger partial charge >= 0.3 is 13.2 Å². The standard InChI is InChI=1S/C46H59BFN5O6S/c1-9-45(5,6)59-47(57-10-2)31-17-18-33-29(22-31)23-35-39-36(58-43(53(33)35)38-20-19-37(60-38)28-14-11-12-15-28)24-30(25-46(39,7)48)32-26-49-41(50-32)34-16-13-21-52(34)42(54)40(27(3)4)51-44(55)56-8/h17-20,22-24,26-28,34,40,43H,9-16,21,25H2,1-8H3,(H,49,50)(H,51,55)/t34-,40-,43?,46?/m0/s1. The van der Waals surface area contributed by atoms with Crippen LogP contribution in [0.5, 0.6) is 0 Å². The number of fused-ring (bicyclic) bond motifs is 4. The molecule has 60 heavy (non-hydrogen) atoms. The van der Waals surface area contributed by atoms with Crippen LogP contribution in [0.2, 0.25) is 0 Å². The van der Waals surface area contributed by atoms with Gasteiger partial charge in [-0.3, -0.25) is 9.36 Å². The Morgan fingerprint density at radius 2 is 1.88 bits per heavy atom. The zero-order chi connectivity index (χ0) is 42.5. The molecule has 1 saturated heterocycles. The number of carbonyl (C=O) groups is 2. The molecule has 0 bridgehead atoms.